The van der Waals surface area contributed by atoms with E-state index in [1.54, 1.807) is 11.3 Å². The first-order valence-electron chi connectivity index (χ1n) is 5.92. The highest BCUT2D eigenvalue weighted by Gasteiger charge is 2.17. The molecule has 18 heavy (non-hydrogen) atoms. The van der Waals surface area contributed by atoms with E-state index >= 15 is 0 Å². The lowest BCUT2D eigenvalue weighted by Gasteiger charge is -2.11. The van der Waals surface area contributed by atoms with Crippen LogP contribution in [0, 0.1) is 13.8 Å². The SMILES string of the molecule is CCn1nc(C)c(Cl)c1CC(N)c1cnc(C)s1. The third-order valence-corrected chi connectivity index (χ3v) is 4.41. The fraction of sp³-hybridized carbons (Fsp3) is 0.500. The van der Waals surface area contributed by atoms with Gasteiger partial charge < -0.3 is 5.73 Å². The van der Waals surface area contributed by atoms with Crippen molar-refractivity contribution < 1.29 is 0 Å². The van der Waals surface area contributed by atoms with Crippen molar-refractivity contribution in [3.05, 3.63) is 32.5 Å². The summed E-state index contributed by atoms with van der Waals surface area (Å²) in [5.74, 6) is 0. The van der Waals surface area contributed by atoms with E-state index in [2.05, 4.69) is 17.0 Å². The van der Waals surface area contributed by atoms with E-state index in [0.29, 0.717) is 6.42 Å². The molecule has 0 aromatic carbocycles. The van der Waals surface area contributed by atoms with Crippen LogP contribution in [-0.4, -0.2) is 14.8 Å². The summed E-state index contributed by atoms with van der Waals surface area (Å²) in [4.78, 5) is 5.32. The van der Waals surface area contributed by atoms with Crippen LogP contribution in [0.4, 0.5) is 0 Å². The Morgan fingerprint density at radius 3 is 2.78 bits per heavy atom. The number of aromatic nitrogens is 3. The summed E-state index contributed by atoms with van der Waals surface area (Å²) in [6.45, 7) is 6.75. The lowest BCUT2D eigenvalue weighted by atomic mass is 10.1. The fourth-order valence-electron chi connectivity index (χ4n) is 1.92. The monoisotopic (exact) mass is 284 g/mol. The highest BCUT2D eigenvalue weighted by molar-refractivity contribution is 7.11. The van der Waals surface area contributed by atoms with Gasteiger partial charge in [0.1, 0.15) is 0 Å². The van der Waals surface area contributed by atoms with E-state index < -0.39 is 0 Å². The molecule has 0 radical (unpaired) electrons. The minimum Gasteiger partial charge on any atom is -0.323 e. The van der Waals surface area contributed by atoms with Crippen molar-refractivity contribution in [1.82, 2.24) is 14.8 Å². The van der Waals surface area contributed by atoms with Gasteiger partial charge in [0.25, 0.3) is 0 Å². The van der Waals surface area contributed by atoms with Crippen LogP contribution in [0.2, 0.25) is 5.02 Å². The molecule has 0 bridgehead atoms. The lowest BCUT2D eigenvalue weighted by molar-refractivity contribution is 0.590. The van der Waals surface area contributed by atoms with Gasteiger partial charge in [0.05, 0.1) is 21.4 Å². The Morgan fingerprint density at radius 1 is 1.50 bits per heavy atom. The van der Waals surface area contributed by atoms with E-state index in [4.69, 9.17) is 17.3 Å². The van der Waals surface area contributed by atoms with Crippen LogP contribution >= 0.6 is 22.9 Å². The quantitative estimate of drug-likeness (QED) is 0.939. The Bertz CT molecular complexity index is 546. The molecule has 1 unspecified atom stereocenters. The second-order valence-corrected chi connectivity index (χ2v) is 5.90. The van der Waals surface area contributed by atoms with Crippen LogP contribution in [-0.2, 0) is 13.0 Å². The van der Waals surface area contributed by atoms with Crippen LogP contribution in [0.3, 0.4) is 0 Å². The van der Waals surface area contributed by atoms with Crippen LogP contribution in [0.15, 0.2) is 6.20 Å². The molecule has 2 aromatic heterocycles. The summed E-state index contributed by atoms with van der Waals surface area (Å²) in [7, 11) is 0. The third kappa shape index (κ3) is 2.58. The van der Waals surface area contributed by atoms with Gasteiger partial charge in [-0.15, -0.1) is 11.3 Å². The smallest absolute Gasteiger partial charge is 0.0897 e. The summed E-state index contributed by atoms with van der Waals surface area (Å²) >= 11 is 7.91. The first-order chi connectivity index (χ1) is 8.52. The Hall–Kier alpha value is -0.910. The molecule has 0 spiro atoms. The number of halogens is 1. The van der Waals surface area contributed by atoms with Crippen molar-refractivity contribution in [2.45, 2.75) is 39.8 Å². The second kappa shape index (κ2) is 5.38. The predicted molar refractivity (Wildman–Crippen MR) is 75.1 cm³/mol. The zero-order valence-electron chi connectivity index (χ0n) is 10.8. The summed E-state index contributed by atoms with van der Waals surface area (Å²) in [6, 6.07) is -0.0740. The maximum atomic E-state index is 6.28. The van der Waals surface area contributed by atoms with Crippen molar-refractivity contribution in [3.63, 3.8) is 0 Å². The first kappa shape index (κ1) is 13.5. The molecule has 6 heteroatoms. The molecule has 4 nitrogen and oxygen atoms in total. The van der Waals surface area contributed by atoms with Gasteiger partial charge in [-0.1, -0.05) is 11.6 Å². The van der Waals surface area contributed by atoms with Crippen LogP contribution < -0.4 is 5.73 Å². The zero-order chi connectivity index (χ0) is 13.3. The lowest BCUT2D eigenvalue weighted by Crippen LogP contribution is -2.15. The van der Waals surface area contributed by atoms with E-state index in [0.717, 1.165) is 32.8 Å². The molecule has 0 fully saturated rings. The van der Waals surface area contributed by atoms with Crippen molar-refractivity contribution in [2.24, 2.45) is 5.73 Å². The zero-order valence-corrected chi connectivity index (χ0v) is 12.3. The highest BCUT2D eigenvalue weighted by atomic mass is 35.5. The molecule has 0 aliphatic rings. The first-order valence-corrected chi connectivity index (χ1v) is 7.12. The van der Waals surface area contributed by atoms with Crippen molar-refractivity contribution in [1.29, 1.82) is 0 Å². The van der Waals surface area contributed by atoms with Gasteiger partial charge in [0, 0.05) is 30.1 Å². The maximum absolute atomic E-state index is 6.28. The molecule has 2 N–H and O–H groups in total. The summed E-state index contributed by atoms with van der Waals surface area (Å²) in [5.41, 5.74) is 8.08. The van der Waals surface area contributed by atoms with E-state index in [1.165, 1.54) is 0 Å². The number of hydrogen-bond acceptors (Lipinski definition) is 4. The Morgan fingerprint density at radius 2 is 2.22 bits per heavy atom. The third-order valence-electron chi connectivity index (χ3n) is 2.87. The van der Waals surface area contributed by atoms with Crippen LogP contribution in [0.25, 0.3) is 0 Å². The van der Waals surface area contributed by atoms with Gasteiger partial charge in [-0.2, -0.15) is 5.10 Å². The maximum Gasteiger partial charge on any atom is 0.0897 e. The second-order valence-electron chi connectivity index (χ2n) is 4.25. The normalized spacial score (nSPS) is 12.9. The molecule has 0 amide bonds. The Kier molecular flexibility index (Phi) is 4.04. The Balaban J connectivity index is 2.23. The summed E-state index contributed by atoms with van der Waals surface area (Å²) in [5, 5.41) is 6.16. The van der Waals surface area contributed by atoms with Gasteiger partial charge in [0.15, 0.2) is 0 Å². The molecule has 0 aliphatic carbocycles. The molecular weight excluding hydrogens is 268 g/mol. The number of nitrogens with zero attached hydrogens (tertiary/aromatic N) is 3. The molecular formula is C12H17ClN4S. The van der Waals surface area contributed by atoms with E-state index in [-0.39, 0.29) is 6.04 Å². The fourth-order valence-corrected chi connectivity index (χ4v) is 2.92. The van der Waals surface area contributed by atoms with Gasteiger partial charge in [-0.05, 0) is 20.8 Å². The number of aryl methyl sites for hydroxylation is 3. The number of hydrogen-bond donors (Lipinski definition) is 1. The minimum atomic E-state index is -0.0740. The van der Waals surface area contributed by atoms with Gasteiger partial charge in [0.2, 0.25) is 0 Å². The molecule has 0 saturated carbocycles. The number of nitrogens with two attached hydrogens (primary N) is 1. The van der Waals surface area contributed by atoms with Crippen molar-refractivity contribution >= 4 is 22.9 Å². The Labute approximate surface area is 116 Å². The molecule has 2 aromatic rings. The average molecular weight is 285 g/mol. The van der Waals surface area contributed by atoms with Crippen LogP contribution in [0.1, 0.15) is 34.2 Å². The van der Waals surface area contributed by atoms with Crippen LogP contribution in [0.5, 0.6) is 0 Å². The standard InChI is InChI=1S/C12H17ClN4S/c1-4-17-10(12(13)7(2)16-17)5-9(14)11-6-15-8(3)18-11/h6,9H,4-5,14H2,1-3H3. The van der Waals surface area contributed by atoms with Gasteiger partial charge in [-0.3, -0.25) is 4.68 Å². The van der Waals surface area contributed by atoms with Crippen molar-refractivity contribution in [3.8, 4) is 0 Å². The largest absolute Gasteiger partial charge is 0.323 e. The summed E-state index contributed by atoms with van der Waals surface area (Å²) in [6.07, 6.45) is 2.53. The highest BCUT2D eigenvalue weighted by Crippen LogP contribution is 2.27. The molecule has 1 atom stereocenters. The number of rotatable bonds is 4. The van der Waals surface area contributed by atoms with Crippen molar-refractivity contribution in [2.75, 3.05) is 0 Å². The molecule has 0 saturated heterocycles. The minimum absolute atomic E-state index is 0.0740. The molecule has 0 aliphatic heterocycles. The molecule has 98 valence electrons. The summed E-state index contributed by atoms with van der Waals surface area (Å²) < 4.78 is 1.92. The average Bonchev–Trinajstić information content (AvgIpc) is 2.88. The van der Waals surface area contributed by atoms with E-state index in [9.17, 15) is 0 Å². The molecule has 2 rings (SSSR count). The predicted octanol–water partition coefficient (Wildman–Crippen LogP) is 2.87. The van der Waals surface area contributed by atoms with E-state index in [1.807, 2.05) is 24.7 Å². The number of thiazole rings is 1. The molecule has 2 heterocycles. The van der Waals surface area contributed by atoms with Gasteiger partial charge >= 0.3 is 0 Å². The topological polar surface area (TPSA) is 56.7 Å². The van der Waals surface area contributed by atoms with Gasteiger partial charge in [-0.25, -0.2) is 4.98 Å².